The molecule has 1 unspecified atom stereocenters. The zero-order valence-electron chi connectivity index (χ0n) is 17.4. The third-order valence-electron chi connectivity index (χ3n) is 4.78. The number of aliphatic imine (C=N–C) groups is 1. The smallest absolute Gasteiger partial charge is 0.313 e. The van der Waals surface area contributed by atoms with Crippen molar-refractivity contribution in [2.45, 2.75) is 11.3 Å². The van der Waals surface area contributed by atoms with Gasteiger partial charge in [-0.3, -0.25) is 14.8 Å². The number of pyridine rings is 1. The molecule has 0 bridgehead atoms. The maximum atomic E-state index is 14.0. The van der Waals surface area contributed by atoms with Gasteiger partial charge in [-0.1, -0.05) is 30.3 Å². The van der Waals surface area contributed by atoms with Gasteiger partial charge in [-0.05, 0) is 23.8 Å². The molecular formula is C22H21F2N5O2S. The Morgan fingerprint density at radius 3 is 2.53 bits per heavy atom. The molecule has 3 aromatic rings. The Labute approximate surface area is 187 Å². The molecule has 2 aromatic carbocycles. The van der Waals surface area contributed by atoms with E-state index < -0.39 is 17.2 Å². The van der Waals surface area contributed by atoms with E-state index in [4.69, 9.17) is 4.74 Å². The van der Waals surface area contributed by atoms with Crippen LogP contribution in [0.3, 0.4) is 0 Å². The number of nitrogens with zero attached hydrogens (tertiary/aromatic N) is 3. The van der Waals surface area contributed by atoms with E-state index in [2.05, 4.69) is 15.8 Å². The number of ether oxygens (including phenoxy) is 1. The van der Waals surface area contributed by atoms with E-state index in [1.54, 1.807) is 37.1 Å². The largest absolute Gasteiger partial charge is 0.448 e. The first-order chi connectivity index (χ1) is 15.5. The fourth-order valence-electron chi connectivity index (χ4n) is 3.30. The molecule has 2 N–H and O–H groups in total. The molecule has 166 valence electrons. The molecule has 0 saturated heterocycles. The summed E-state index contributed by atoms with van der Waals surface area (Å²) in [7, 11) is 3.33. The molecule has 4 rings (SSSR count). The highest BCUT2D eigenvalue weighted by Crippen LogP contribution is 2.32. The van der Waals surface area contributed by atoms with Crippen LogP contribution in [-0.4, -0.2) is 30.5 Å². The van der Waals surface area contributed by atoms with Crippen molar-refractivity contribution < 1.29 is 13.5 Å². The van der Waals surface area contributed by atoms with Gasteiger partial charge in [0.25, 0.3) is 0 Å². The second kappa shape index (κ2) is 9.41. The van der Waals surface area contributed by atoms with Crippen LogP contribution in [0.15, 0.2) is 64.4 Å². The molecule has 0 saturated carbocycles. The van der Waals surface area contributed by atoms with Gasteiger partial charge in [0.05, 0.1) is 0 Å². The van der Waals surface area contributed by atoms with Crippen LogP contribution in [0, 0.1) is 11.6 Å². The lowest BCUT2D eigenvalue weighted by molar-refractivity contribution is 0.429. The standard InChI is InChI=1S/C22H21F2N5O2S/c1-25-28-20-15(10-19(21(28)30)31-18-9-8-16(23)11-17(18)24)12-27-22(29(20)26-2)32-13-14-6-4-3-5-7-14/h3-12,22,25-26H,13H2,1-2H3. The van der Waals surface area contributed by atoms with Gasteiger partial charge in [-0.2, -0.15) is 0 Å². The van der Waals surface area contributed by atoms with E-state index >= 15 is 0 Å². The fraction of sp³-hybridized carbons (Fsp3) is 0.182. The maximum Gasteiger partial charge on any atom is 0.313 e. The van der Waals surface area contributed by atoms with Gasteiger partial charge >= 0.3 is 5.56 Å². The zero-order chi connectivity index (χ0) is 22.7. The summed E-state index contributed by atoms with van der Waals surface area (Å²) in [5.41, 5.74) is 6.83. The first-order valence-electron chi connectivity index (χ1n) is 9.78. The SMILES string of the molecule is CNN1c2c(cc(Oc3ccc(F)cc3F)c(=O)n2NC)C=NC1SCc1ccccc1. The summed E-state index contributed by atoms with van der Waals surface area (Å²) in [4.78, 5) is 17.7. The molecule has 7 nitrogen and oxygen atoms in total. The first kappa shape index (κ1) is 21.8. The lowest BCUT2D eigenvalue weighted by atomic mass is 10.2. The van der Waals surface area contributed by atoms with E-state index in [0.29, 0.717) is 17.4 Å². The van der Waals surface area contributed by atoms with Crippen LogP contribution in [0.2, 0.25) is 0 Å². The zero-order valence-corrected chi connectivity index (χ0v) is 18.2. The fourth-order valence-corrected chi connectivity index (χ4v) is 4.33. The van der Waals surface area contributed by atoms with E-state index in [1.807, 2.05) is 30.3 Å². The number of nitrogens with one attached hydrogen (secondary N) is 2. The van der Waals surface area contributed by atoms with Gasteiger partial charge in [0.15, 0.2) is 28.6 Å². The first-order valence-corrected chi connectivity index (χ1v) is 10.8. The van der Waals surface area contributed by atoms with Gasteiger partial charge in [0.1, 0.15) is 5.82 Å². The molecule has 1 atom stereocenters. The molecule has 0 aliphatic carbocycles. The highest BCUT2D eigenvalue weighted by atomic mass is 32.2. The number of hydrogen-bond donors (Lipinski definition) is 2. The second-order valence-electron chi connectivity index (χ2n) is 6.82. The molecule has 0 fully saturated rings. The molecule has 1 aliphatic rings. The number of aromatic nitrogens is 1. The minimum atomic E-state index is -0.902. The summed E-state index contributed by atoms with van der Waals surface area (Å²) in [5.74, 6) is -0.745. The number of thioether (sulfide) groups is 1. The van der Waals surface area contributed by atoms with Gasteiger partial charge < -0.3 is 10.2 Å². The van der Waals surface area contributed by atoms with Gasteiger partial charge in [-0.15, -0.1) is 11.8 Å². The van der Waals surface area contributed by atoms with Crippen LogP contribution in [0.1, 0.15) is 11.1 Å². The summed E-state index contributed by atoms with van der Waals surface area (Å²) in [6.07, 6.45) is 1.65. The van der Waals surface area contributed by atoms with Gasteiger partial charge in [0.2, 0.25) is 0 Å². The van der Waals surface area contributed by atoms with Crippen LogP contribution in [0.4, 0.5) is 14.6 Å². The number of benzene rings is 2. The lowest BCUT2D eigenvalue weighted by Crippen LogP contribution is -2.48. The third kappa shape index (κ3) is 4.32. The van der Waals surface area contributed by atoms with Crippen LogP contribution < -0.4 is 26.2 Å². The number of fused-ring (bicyclic) bond motifs is 1. The molecule has 0 radical (unpaired) electrons. The number of hydrazine groups is 1. The highest BCUT2D eigenvalue weighted by molar-refractivity contribution is 7.99. The minimum absolute atomic E-state index is 0.124. The Kier molecular flexibility index (Phi) is 6.42. The number of anilines is 1. The molecule has 32 heavy (non-hydrogen) atoms. The predicted molar refractivity (Wildman–Crippen MR) is 123 cm³/mol. The summed E-state index contributed by atoms with van der Waals surface area (Å²) in [5, 5.41) is 1.77. The maximum absolute atomic E-state index is 14.0. The van der Waals surface area contributed by atoms with Gasteiger partial charge in [-0.25, -0.2) is 18.9 Å². The van der Waals surface area contributed by atoms with Crippen molar-refractivity contribution in [1.29, 1.82) is 0 Å². The Bertz CT molecular complexity index is 1200. The minimum Gasteiger partial charge on any atom is -0.448 e. The molecule has 10 heteroatoms. The van der Waals surface area contributed by atoms with Crippen LogP contribution in [0.25, 0.3) is 0 Å². The topological polar surface area (TPSA) is 70.9 Å². The van der Waals surface area contributed by atoms with E-state index in [-0.39, 0.29) is 17.0 Å². The normalized spacial score (nSPS) is 14.9. The van der Waals surface area contributed by atoms with Crippen molar-refractivity contribution in [1.82, 2.24) is 10.1 Å². The molecule has 1 aliphatic heterocycles. The van der Waals surface area contributed by atoms with Crippen molar-refractivity contribution >= 4 is 23.8 Å². The predicted octanol–water partition coefficient (Wildman–Crippen LogP) is 3.68. The average Bonchev–Trinajstić information content (AvgIpc) is 2.80. The van der Waals surface area contributed by atoms with Crippen LogP contribution >= 0.6 is 11.8 Å². The molecule has 0 spiro atoms. The monoisotopic (exact) mass is 457 g/mol. The molecule has 0 amide bonds. The van der Waals surface area contributed by atoms with Gasteiger partial charge in [0, 0.05) is 37.7 Å². The van der Waals surface area contributed by atoms with E-state index in [1.165, 1.54) is 10.7 Å². The summed E-state index contributed by atoms with van der Waals surface area (Å²) >= 11 is 1.59. The lowest BCUT2D eigenvalue weighted by Gasteiger charge is -2.34. The summed E-state index contributed by atoms with van der Waals surface area (Å²) < 4.78 is 34.0. The number of hydrogen-bond acceptors (Lipinski definition) is 7. The highest BCUT2D eigenvalue weighted by Gasteiger charge is 2.29. The van der Waals surface area contributed by atoms with Crippen molar-refractivity contribution in [2.24, 2.45) is 4.99 Å². The van der Waals surface area contributed by atoms with E-state index in [0.717, 1.165) is 23.4 Å². The Morgan fingerprint density at radius 2 is 1.84 bits per heavy atom. The Balaban J connectivity index is 1.67. The molecular weight excluding hydrogens is 436 g/mol. The third-order valence-corrected chi connectivity index (χ3v) is 5.91. The average molecular weight is 458 g/mol. The van der Waals surface area contributed by atoms with Crippen molar-refractivity contribution in [3.05, 3.63) is 87.7 Å². The Hall–Kier alpha value is -3.37. The Morgan fingerprint density at radius 1 is 1.06 bits per heavy atom. The quantitative estimate of drug-likeness (QED) is 0.564. The number of halogens is 2. The van der Waals surface area contributed by atoms with Crippen molar-refractivity contribution in [3.8, 4) is 11.5 Å². The second-order valence-corrected chi connectivity index (χ2v) is 7.87. The number of rotatable bonds is 7. The van der Waals surface area contributed by atoms with Crippen LogP contribution in [-0.2, 0) is 5.75 Å². The van der Waals surface area contributed by atoms with Crippen molar-refractivity contribution in [2.75, 3.05) is 24.5 Å². The van der Waals surface area contributed by atoms with Crippen molar-refractivity contribution in [3.63, 3.8) is 0 Å². The summed E-state index contributed by atoms with van der Waals surface area (Å²) in [6, 6.07) is 14.4. The molecule has 2 heterocycles. The van der Waals surface area contributed by atoms with E-state index in [9.17, 15) is 13.6 Å². The summed E-state index contributed by atoms with van der Waals surface area (Å²) in [6.45, 7) is 0. The molecule has 1 aromatic heterocycles. The van der Waals surface area contributed by atoms with Crippen LogP contribution in [0.5, 0.6) is 11.5 Å².